The van der Waals surface area contributed by atoms with E-state index < -0.39 is 64.1 Å². The fourth-order valence-corrected chi connectivity index (χ4v) is 5.80. The van der Waals surface area contributed by atoms with E-state index in [2.05, 4.69) is 10.6 Å². The van der Waals surface area contributed by atoms with Crippen LogP contribution in [0.1, 0.15) is 46.5 Å². The number of hydrogen-bond acceptors (Lipinski definition) is 8. The van der Waals surface area contributed by atoms with Crippen LogP contribution in [0.4, 0.5) is 5.69 Å². The van der Waals surface area contributed by atoms with Gasteiger partial charge in [0, 0.05) is 18.7 Å². The third-order valence-electron chi connectivity index (χ3n) is 7.59. The van der Waals surface area contributed by atoms with E-state index >= 15 is 0 Å². The Morgan fingerprint density at radius 2 is 1.35 bits per heavy atom. The lowest BCUT2D eigenvalue weighted by atomic mass is 9.83. The molecule has 1 unspecified atom stereocenters. The van der Waals surface area contributed by atoms with Crippen LogP contribution in [0, 0.1) is 17.8 Å². The monoisotopic (exact) mass is 650 g/mol. The van der Waals surface area contributed by atoms with Crippen LogP contribution in [-0.4, -0.2) is 65.2 Å². The van der Waals surface area contributed by atoms with Crippen LogP contribution in [0.15, 0.2) is 83.8 Å². The molecule has 5 N–H and O–H groups in total. The largest absolute Gasteiger partial charge is 0.344 e. The molecule has 0 aromatic heterocycles. The van der Waals surface area contributed by atoms with Crippen molar-refractivity contribution in [3.63, 3.8) is 0 Å². The van der Waals surface area contributed by atoms with E-state index in [1.165, 1.54) is 24.3 Å². The van der Waals surface area contributed by atoms with Crippen molar-refractivity contribution >= 4 is 45.3 Å². The van der Waals surface area contributed by atoms with Gasteiger partial charge in [-0.05, 0) is 54.3 Å². The molecule has 1 heterocycles. The van der Waals surface area contributed by atoms with Crippen LogP contribution in [0.5, 0.6) is 0 Å². The van der Waals surface area contributed by atoms with E-state index in [0.29, 0.717) is 5.56 Å². The van der Waals surface area contributed by atoms with Gasteiger partial charge in [-0.1, -0.05) is 56.3 Å². The Balaban J connectivity index is 1.62. The molecule has 0 fully saturated rings. The Morgan fingerprint density at radius 1 is 0.783 bits per heavy atom. The zero-order valence-electron chi connectivity index (χ0n) is 25.0. The second kappa shape index (κ2) is 14.5. The van der Waals surface area contributed by atoms with Crippen molar-refractivity contribution in [2.75, 3.05) is 11.9 Å². The van der Waals surface area contributed by atoms with Crippen LogP contribution >= 0.6 is 0 Å². The van der Waals surface area contributed by atoms with Gasteiger partial charge in [0.1, 0.15) is 6.04 Å². The summed E-state index contributed by atoms with van der Waals surface area (Å²) in [6, 6.07) is 18.5. The summed E-state index contributed by atoms with van der Waals surface area (Å²) in [5.74, 6) is -6.36. The number of carbonyl (C=O) groups excluding carboxylic acids is 5. The van der Waals surface area contributed by atoms with Crippen molar-refractivity contribution in [3.05, 3.63) is 95.6 Å². The molecule has 46 heavy (non-hydrogen) atoms. The number of imide groups is 1. The van der Waals surface area contributed by atoms with Crippen molar-refractivity contribution in [3.8, 4) is 0 Å². The summed E-state index contributed by atoms with van der Waals surface area (Å²) in [5, 5.41) is 14.9. The number of carbonyl (C=O) groups is 5. The van der Waals surface area contributed by atoms with Gasteiger partial charge in [0.2, 0.25) is 17.7 Å². The van der Waals surface area contributed by atoms with Crippen molar-refractivity contribution < 1.29 is 42.2 Å². The van der Waals surface area contributed by atoms with Crippen LogP contribution in [0.2, 0.25) is 0 Å². The van der Waals surface area contributed by atoms with Gasteiger partial charge in [0.25, 0.3) is 21.9 Å². The molecule has 5 amide bonds. The SMILES string of the molecule is CC(C)C[C@@H](C(=O)N[C@@H](Cc1ccccc1)C(=O)Nc1ccc(S(=O)(=O)O)cc1)C(CN1C(=O)c2ccccc2C1=O)C(=O)NO. The van der Waals surface area contributed by atoms with Gasteiger partial charge >= 0.3 is 0 Å². The minimum Gasteiger partial charge on any atom is -0.344 e. The van der Waals surface area contributed by atoms with Crippen molar-refractivity contribution in [1.29, 1.82) is 0 Å². The Hall–Kier alpha value is -4.92. The van der Waals surface area contributed by atoms with Crippen molar-refractivity contribution in [2.45, 2.75) is 37.6 Å². The maximum Gasteiger partial charge on any atom is 0.294 e. The highest BCUT2D eigenvalue weighted by atomic mass is 32.2. The van der Waals surface area contributed by atoms with Crippen LogP contribution < -0.4 is 16.1 Å². The molecule has 3 aromatic carbocycles. The lowest BCUT2D eigenvalue weighted by molar-refractivity contribution is -0.141. The highest BCUT2D eigenvalue weighted by Crippen LogP contribution is 2.28. The molecule has 4 rings (SSSR count). The molecule has 0 aliphatic carbocycles. The average Bonchev–Trinajstić information content (AvgIpc) is 3.26. The average molecular weight is 651 g/mol. The molecular formula is C32H34N4O9S. The van der Waals surface area contributed by atoms with E-state index in [0.717, 1.165) is 17.0 Å². The quantitative estimate of drug-likeness (QED) is 0.0799. The van der Waals surface area contributed by atoms with E-state index in [4.69, 9.17) is 0 Å². The number of nitrogens with zero attached hydrogens (tertiary/aromatic N) is 1. The molecule has 0 saturated carbocycles. The number of amides is 5. The number of benzene rings is 3. The molecule has 13 nitrogen and oxygen atoms in total. The van der Waals surface area contributed by atoms with Crippen molar-refractivity contribution in [1.82, 2.24) is 15.7 Å². The standard InChI is InChI=1S/C32H34N4O9S/c1-19(2)16-25(26(29(38)35-42)18-36-31(40)23-10-6-7-11-24(23)32(36)41)28(37)34-27(17-20-8-4-3-5-9-20)30(39)33-21-12-14-22(15-13-21)46(43,44)45/h3-15,19,25-27,42H,16-18H2,1-2H3,(H,33,39)(H,34,37)(H,35,38)(H,43,44,45)/t25-,26?,27+/m1/s1. The molecule has 0 spiro atoms. The fraction of sp³-hybridized carbons (Fsp3) is 0.281. The van der Waals surface area contributed by atoms with Crippen LogP contribution in [0.25, 0.3) is 0 Å². The van der Waals surface area contributed by atoms with E-state index in [1.807, 2.05) is 0 Å². The van der Waals surface area contributed by atoms with Gasteiger partial charge in [-0.15, -0.1) is 0 Å². The molecule has 0 bridgehead atoms. The Kier molecular flexibility index (Phi) is 10.7. The highest BCUT2D eigenvalue weighted by molar-refractivity contribution is 7.85. The first-order valence-electron chi connectivity index (χ1n) is 14.4. The third-order valence-corrected chi connectivity index (χ3v) is 8.46. The summed E-state index contributed by atoms with van der Waals surface area (Å²) in [6.45, 7) is 3.11. The number of nitrogens with one attached hydrogen (secondary N) is 3. The van der Waals surface area contributed by atoms with Crippen molar-refractivity contribution in [2.24, 2.45) is 17.8 Å². The van der Waals surface area contributed by atoms with Crippen LogP contribution in [0.3, 0.4) is 0 Å². The summed E-state index contributed by atoms with van der Waals surface area (Å²) >= 11 is 0. The van der Waals surface area contributed by atoms with Gasteiger partial charge < -0.3 is 10.6 Å². The zero-order chi connectivity index (χ0) is 33.6. The number of fused-ring (bicyclic) bond motifs is 1. The predicted molar refractivity (Wildman–Crippen MR) is 165 cm³/mol. The number of hydroxylamine groups is 1. The summed E-state index contributed by atoms with van der Waals surface area (Å²) in [6.07, 6.45) is 0.134. The van der Waals surface area contributed by atoms with E-state index in [9.17, 15) is 42.2 Å². The highest BCUT2D eigenvalue weighted by Gasteiger charge is 2.42. The first kappa shape index (κ1) is 34.0. The molecule has 242 valence electrons. The second-order valence-corrected chi connectivity index (χ2v) is 12.7. The minimum atomic E-state index is -4.45. The molecule has 0 saturated heterocycles. The molecule has 1 aliphatic heterocycles. The van der Waals surface area contributed by atoms with Gasteiger partial charge in [0.15, 0.2) is 0 Å². The summed E-state index contributed by atoms with van der Waals surface area (Å²) in [5.41, 5.74) is 2.75. The molecule has 14 heteroatoms. The number of rotatable bonds is 13. The fourth-order valence-electron chi connectivity index (χ4n) is 5.32. The Labute approximate surface area is 265 Å². The van der Waals surface area contributed by atoms with E-state index in [-0.39, 0.29) is 40.5 Å². The molecule has 3 aromatic rings. The lowest BCUT2D eigenvalue weighted by Crippen LogP contribution is -2.52. The van der Waals surface area contributed by atoms with Gasteiger partial charge in [0.05, 0.1) is 27.9 Å². The Morgan fingerprint density at radius 3 is 1.87 bits per heavy atom. The Bertz CT molecular complexity index is 1690. The van der Waals surface area contributed by atoms with Crippen LogP contribution in [-0.2, 0) is 30.9 Å². The first-order valence-corrected chi connectivity index (χ1v) is 15.9. The maximum atomic E-state index is 14.0. The summed E-state index contributed by atoms with van der Waals surface area (Å²) < 4.78 is 32.1. The molecule has 0 radical (unpaired) electrons. The zero-order valence-corrected chi connectivity index (χ0v) is 25.9. The molecule has 1 aliphatic rings. The molecule has 3 atom stereocenters. The second-order valence-electron chi connectivity index (χ2n) is 11.3. The number of hydrogen-bond donors (Lipinski definition) is 5. The van der Waals surface area contributed by atoms with Gasteiger partial charge in [-0.2, -0.15) is 8.42 Å². The van der Waals surface area contributed by atoms with E-state index in [1.54, 1.807) is 61.8 Å². The summed E-state index contributed by atoms with van der Waals surface area (Å²) in [7, 11) is -4.45. The predicted octanol–water partition coefficient (Wildman–Crippen LogP) is 2.68. The topological polar surface area (TPSA) is 199 Å². The van der Waals surface area contributed by atoms with Gasteiger partial charge in [-0.25, -0.2) is 5.48 Å². The molecular weight excluding hydrogens is 616 g/mol. The third kappa shape index (κ3) is 8.02. The minimum absolute atomic E-state index is 0.0329. The first-order chi connectivity index (χ1) is 21.8. The van der Waals surface area contributed by atoms with Gasteiger partial charge in [-0.3, -0.25) is 38.6 Å². The maximum absolute atomic E-state index is 14.0. The lowest BCUT2D eigenvalue weighted by Gasteiger charge is -2.30. The smallest absolute Gasteiger partial charge is 0.294 e. The summed E-state index contributed by atoms with van der Waals surface area (Å²) in [4.78, 5) is 67.2. The normalized spacial score (nSPS) is 14.8. The number of anilines is 1.